The van der Waals surface area contributed by atoms with E-state index in [2.05, 4.69) is 15.9 Å². The zero-order chi connectivity index (χ0) is 12.6. The van der Waals surface area contributed by atoms with Crippen LogP contribution in [0.5, 0.6) is 0 Å². The number of carbonyl (C=O) groups is 1. The minimum absolute atomic E-state index is 0.0923. The van der Waals surface area contributed by atoms with E-state index in [0.717, 1.165) is 16.3 Å². The molecule has 1 aromatic rings. The van der Waals surface area contributed by atoms with Gasteiger partial charge in [0.2, 0.25) is 0 Å². The van der Waals surface area contributed by atoms with Crippen LogP contribution in [-0.4, -0.2) is 25.7 Å². The number of hydrogen-bond acceptors (Lipinski definition) is 3. The van der Waals surface area contributed by atoms with Crippen LogP contribution in [0.15, 0.2) is 28.7 Å². The number of carbonyl (C=O) groups excluding carboxylic acids is 1. The van der Waals surface area contributed by atoms with Gasteiger partial charge >= 0.3 is 0 Å². The van der Waals surface area contributed by atoms with Crippen molar-refractivity contribution in [3.05, 3.63) is 34.3 Å². The van der Waals surface area contributed by atoms with Crippen molar-refractivity contribution in [2.24, 2.45) is 5.92 Å². The molecular formula is C12H13BrO3S. The second-order valence-electron chi connectivity index (χ2n) is 4.21. The predicted octanol–water partition coefficient (Wildman–Crippen LogP) is 2.16. The Labute approximate surface area is 109 Å². The molecule has 0 saturated heterocycles. The Bertz CT molecular complexity index is 521. The molecule has 2 rings (SSSR count). The van der Waals surface area contributed by atoms with E-state index in [1.54, 1.807) is 6.92 Å². The number of sulfone groups is 1. The van der Waals surface area contributed by atoms with E-state index in [9.17, 15) is 13.2 Å². The first-order chi connectivity index (χ1) is 8.01. The van der Waals surface area contributed by atoms with Crippen LogP contribution in [0.4, 0.5) is 0 Å². The summed E-state index contributed by atoms with van der Waals surface area (Å²) >= 11 is 3.33. The van der Waals surface area contributed by atoms with E-state index in [1.165, 1.54) is 0 Å². The van der Waals surface area contributed by atoms with Gasteiger partial charge in [-0.2, -0.15) is 0 Å². The predicted molar refractivity (Wildman–Crippen MR) is 69.7 cm³/mol. The summed E-state index contributed by atoms with van der Waals surface area (Å²) in [6, 6.07) is 7.48. The molecule has 0 aromatic heterocycles. The van der Waals surface area contributed by atoms with Crippen LogP contribution in [0.3, 0.4) is 0 Å². The zero-order valence-electron chi connectivity index (χ0n) is 9.34. The van der Waals surface area contributed by atoms with Crippen LogP contribution in [0.1, 0.15) is 18.4 Å². The fourth-order valence-electron chi connectivity index (χ4n) is 2.22. The fourth-order valence-corrected chi connectivity index (χ4v) is 4.28. The Morgan fingerprint density at radius 2 is 1.88 bits per heavy atom. The van der Waals surface area contributed by atoms with E-state index >= 15 is 0 Å². The summed E-state index contributed by atoms with van der Waals surface area (Å²) < 4.78 is 24.6. The van der Waals surface area contributed by atoms with Gasteiger partial charge in [0, 0.05) is 22.1 Å². The maximum atomic E-state index is 11.8. The highest BCUT2D eigenvalue weighted by atomic mass is 79.9. The SMILES string of the molecule is CCS(=O)(=O)C1C(C=O)C1c1ccc(Br)cc1. The lowest BCUT2D eigenvalue weighted by molar-refractivity contribution is -0.108. The smallest absolute Gasteiger partial charge is 0.154 e. The first-order valence-electron chi connectivity index (χ1n) is 5.43. The number of rotatable bonds is 4. The van der Waals surface area contributed by atoms with Gasteiger partial charge in [-0.3, -0.25) is 0 Å². The summed E-state index contributed by atoms with van der Waals surface area (Å²) in [7, 11) is -3.14. The molecule has 3 atom stereocenters. The van der Waals surface area contributed by atoms with E-state index in [1.807, 2.05) is 24.3 Å². The molecule has 92 valence electrons. The second kappa shape index (κ2) is 4.53. The average molecular weight is 317 g/mol. The Morgan fingerprint density at radius 3 is 2.35 bits per heavy atom. The summed E-state index contributed by atoms with van der Waals surface area (Å²) in [4.78, 5) is 10.9. The Hall–Kier alpha value is -0.680. The van der Waals surface area contributed by atoms with Crippen LogP contribution >= 0.6 is 15.9 Å². The first kappa shape index (κ1) is 12.8. The van der Waals surface area contributed by atoms with Crippen molar-refractivity contribution in [1.29, 1.82) is 0 Å². The van der Waals surface area contributed by atoms with Gasteiger partial charge in [-0.15, -0.1) is 0 Å². The van der Waals surface area contributed by atoms with Crippen LogP contribution in [0, 0.1) is 5.92 Å². The van der Waals surface area contributed by atoms with Gasteiger partial charge in [-0.25, -0.2) is 8.42 Å². The third kappa shape index (κ3) is 2.31. The van der Waals surface area contributed by atoms with Crippen molar-refractivity contribution >= 4 is 32.1 Å². The summed E-state index contributed by atoms with van der Waals surface area (Å²) in [5.74, 6) is -0.443. The Kier molecular flexibility index (Phi) is 3.41. The van der Waals surface area contributed by atoms with Crippen molar-refractivity contribution in [3.8, 4) is 0 Å². The molecule has 0 heterocycles. The number of halogens is 1. The molecule has 1 fully saturated rings. The summed E-state index contributed by atoms with van der Waals surface area (Å²) in [5.41, 5.74) is 0.923. The standard InChI is InChI=1S/C12H13BrO3S/c1-2-17(15,16)12-10(7-14)11(12)8-3-5-9(13)6-4-8/h3-7,10-12H,2H2,1H3. The molecule has 3 nitrogen and oxygen atoms in total. The van der Waals surface area contributed by atoms with Crippen molar-refractivity contribution in [1.82, 2.24) is 0 Å². The molecule has 1 aromatic carbocycles. The lowest BCUT2D eigenvalue weighted by Crippen LogP contribution is -2.12. The Balaban J connectivity index is 2.29. The van der Waals surface area contributed by atoms with Gasteiger partial charge < -0.3 is 4.79 Å². The number of hydrogen-bond donors (Lipinski definition) is 0. The molecular weight excluding hydrogens is 304 g/mol. The molecule has 0 amide bonds. The highest BCUT2D eigenvalue weighted by molar-refractivity contribution is 9.10. The number of aldehydes is 1. The first-order valence-corrected chi connectivity index (χ1v) is 7.94. The fraction of sp³-hybridized carbons (Fsp3) is 0.417. The number of benzene rings is 1. The maximum absolute atomic E-state index is 11.8. The molecule has 1 saturated carbocycles. The summed E-state index contributed by atoms with van der Waals surface area (Å²) in [5, 5.41) is -0.522. The topological polar surface area (TPSA) is 51.2 Å². The van der Waals surface area contributed by atoms with E-state index in [0.29, 0.717) is 0 Å². The molecule has 0 N–H and O–H groups in total. The molecule has 0 spiro atoms. The zero-order valence-corrected chi connectivity index (χ0v) is 11.7. The highest BCUT2D eigenvalue weighted by Gasteiger charge is 2.57. The van der Waals surface area contributed by atoms with Crippen LogP contribution < -0.4 is 0 Å². The van der Waals surface area contributed by atoms with Gasteiger partial charge in [0.05, 0.1) is 5.25 Å². The molecule has 0 bridgehead atoms. The lowest BCUT2D eigenvalue weighted by Gasteiger charge is -2.00. The second-order valence-corrected chi connectivity index (χ2v) is 7.57. The van der Waals surface area contributed by atoms with Gasteiger partial charge in [0.25, 0.3) is 0 Å². The minimum Gasteiger partial charge on any atom is -0.303 e. The van der Waals surface area contributed by atoms with Gasteiger partial charge in [-0.05, 0) is 17.7 Å². The van der Waals surface area contributed by atoms with Crippen molar-refractivity contribution in [2.75, 3.05) is 5.75 Å². The van der Waals surface area contributed by atoms with Crippen molar-refractivity contribution < 1.29 is 13.2 Å². The van der Waals surface area contributed by atoms with Crippen LogP contribution in [-0.2, 0) is 14.6 Å². The van der Waals surface area contributed by atoms with Gasteiger partial charge in [-0.1, -0.05) is 35.0 Å². The third-order valence-corrected chi connectivity index (χ3v) is 6.01. The quantitative estimate of drug-likeness (QED) is 0.800. The monoisotopic (exact) mass is 316 g/mol. The Morgan fingerprint density at radius 1 is 1.29 bits per heavy atom. The van der Waals surface area contributed by atoms with Crippen molar-refractivity contribution in [3.63, 3.8) is 0 Å². The average Bonchev–Trinajstić information content (AvgIpc) is 3.05. The summed E-state index contributed by atoms with van der Waals surface area (Å²) in [6.07, 6.45) is 0.768. The van der Waals surface area contributed by atoms with E-state index < -0.39 is 15.1 Å². The lowest BCUT2D eigenvalue weighted by atomic mass is 10.1. The molecule has 0 aliphatic heterocycles. The molecule has 3 unspecified atom stereocenters. The maximum Gasteiger partial charge on any atom is 0.154 e. The normalized spacial score (nSPS) is 27.8. The van der Waals surface area contributed by atoms with Gasteiger partial charge in [0.15, 0.2) is 9.84 Å². The van der Waals surface area contributed by atoms with E-state index in [4.69, 9.17) is 0 Å². The highest BCUT2D eigenvalue weighted by Crippen LogP contribution is 2.51. The summed E-state index contributed by atoms with van der Waals surface area (Å²) in [6.45, 7) is 1.62. The largest absolute Gasteiger partial charge is 0.303 e. The van der Waals surface area contributed by atoms with Gasteiger partial charge in [0.1, 0.15) is 6.29 Å². The van der Waals surface area contributed by atoms with Crippen LogP contribution in [0.25, 0.3) is 0 Å². The molecule has 0 radical (unpaired) electrons. The van der Waals surface area contributed by atoms with Crippen LogP contribution in [0.2, 0.25) is 0 Å². The minimum atomic E-state index is -3.14. The van der Waals surface area contributed by atoms with E-state index in [-0.39, 0.29) is 17.6 Å². The molecule has 1 aliphatic carbocycles. The van der Waals surface area contributed by atoms with Crippen molar-refractivity contribution in [2.45, 2.75) is 18.1 Å². The molecule has 1 aliphatic rings. The third-order valence-electron chi connectivity index (χ3n) is 3.24. The molecule has 5 heteroatoms. The molecule has 17 heavy (non-hydrogen) atoms.